The van der Waals surface area contributed by atoms with E-state index in [4.69, 9.17) is 10.8 Å². The standard InChI is InChI=1S/C11H19NO2/c1-7-4-3-5-8(2)9(7)6-10(12)11(13)14/h4,8-10H,3,5-6,12H2,1-2H3,(H,13,14). The second kappa shape index (κ2) is 4.60. The van der Waals surface area contributed by atoms with Crippen molar-refractivity contribution >= 4 is 5.97 Å². The number of aliphatic carboxylic acids is 1. The fourth-order valence-corrected chi connectivity index (χ4v) is 2.17. The minimum atomic E-state index is -0.893. The van der Waals surface area contributed by atoms with Crippen LogP contribution in [0.1, 0.15) is 33.1 Å². The highest BCUT2D eigenvalue weighted by Crippen LogP contribution is 2.32. The molecule has 3 nitrogen and oxygen atoms in total. The predicted molar refractivity (Wildman–Crippen MR) is 55.9 cm³/mol. The highest BCUT2D eigenvalue weighted by Gasteiger charge is 2.26. The number of nitrogens with two attached hydrogens (primary N) is 1. The van der Waals surface area contributed by atoms with E-state index in [9.17, 15) is 4.79 Å². The third-order valence-corrected chi connectivity index (χ3v) is 3.19. The first-order valence-electron chi connectivity index (χ1n) is 5.17. The van der Waals surface area contributed by atoms with Gasteiger partial charge in [-0.05, 0) is 38.0 Å². The van der Waals surface area contributed by atoms with Crippen molar-refractivity contribution in [2.24, 2.45) is 17.6 Å². The molecular formula is C11H19NO2. The molecule has 80 valence electrons. The van der Waals surface area contributed by atoms with Gasteiger partial charge in [0.15, 0.2) is 0 Å². The van der Waals surface area contributed by atoms with Gasteiger partial charge in [0.05, 0.1) is 0 Å². The second-order valence-corrected chi connectivity index (χ2v) is 4.29. The van der Waals surface area contributed by atoms with Crippen LogP contribution in [-0.4, -0.2) is 17.1 Å². The summed E-state index contributed by atoms with van der Waals surface area (Å²) in [5, 5.41) is 8.74. The molecule has 0 saturated heterocycles. The van der Waals surface area contributed by atoms with Crippen molar-refractivity contribution in [3.05, 3.63) is 11.6 Å². The van der Waals surface area contributed by atoms with Crippen LogP contribution >= 0.6 is 0 Å². The quantitative estimate of drug-likeness (QED) is 0.678. The van der Waals surface area contributed by atoms with E-state index in [-0.39, 0.29) is 0 Å². The van der Waals surface area contributed by atoms with Crippen LogP contribution in [-0.2, 0) is 4.79 Å². The molecule has 14 heavy (non-hydrogen) atoms. The molecule has 3 N–H and O–H groups in total. The second-order valence-electron chi connectivity index (χ2n) is 4.29. The van der Waals surface area contributed by atoms with Crippen LogP contribution < -0.4 is 5.73 Å². The summed E-state index contributed by atoms with van der Waals surface area (Å²) in [6.45, 7) is 4.25. The number of hydrogen-bond donors (Lipinski definition) is 2. The first kappa shape index (κ1) is 11.2. The number of rotatable bonds is 3. The normalized spacial score (nSPS) is 29.5. The van der Waals surface area contributed by atoms with E-state index < -0.39 is 12.0 Å². The Morgan fingerprint density at radius 3 is 2.93 bits per heavy atom. The van der Waals surface area contributed by atoms with Gasteiger partial charge in [0.1, 0.15) is 6.04 Å². The lowest BCUT2D eigenvalue weighted by Gasteiger charge is -2.29. The summed E-state index contributed by atoms with van der Waals surface area (Å²) in [7, 11) is 0. The average Bonchev–Trinajstić information content (AvgIpc) is 2.11. The van der Waals surface area contributed by atoms with Crippen LogP contribution in [0, 0.1) is 11.8 Å². The third-order valence-electron chi connectivity index (χ3n) is 3.19. The summed E-state index contributed by atoms with van der Waals surface area (Å²) >= 11 is 0. The number of carbonyl (C=O) groups is 1. The van der Waals surface area contributed by atoms with Crippen LogP contribution in [0.25, 0.3) is 0 Å². The predicted octanol–water partition coefficient (Wildman–Crippen LogP) is 1.78. The Morgan fingerprint density at radius 1 is 1.79 bits per heavy atom. The zero-order valence-corrected chi connectivity index (χ0v) is 8.86. The first-order chi connectivity index (χ1) is 6.52. The molecule has 0 spiro atoms. The fourth-order valence-electron chi connectivity index (χ4n) is 2.17. The Hall–Kier alpha value is -0.830. The highest BCUT2D eigenvalue weighted by atomic mass is 16.4. The van der Waals surface area contributed by atoms with Gasteiger partial charge in [-0.25, -0.2) is 0 Å². The van der Waals surface area contributed by atoms with Gasteiger partial charge in [-0.1, -0.05) is 18.6 Å². The topological polar surface area (TPSA) is 63.3 Å². The summed E-state index contributed by atoms with van der Waals surface area (Å²) in [6.07, 6.45) is 5.04. The van der Waals surface area contributed by atoms with Gasteiger partial charge < -0.3 is 10.8 Å². The molecule has 0 aromatic rings. The molecular weight excluding hydrogens is 178 g/mol. The molecule has 0 aliphatic heterocycles. The zero-order valence-electron chi connectivity index (χ0n) is 8.86. The molecule has 0 bridgehead atoms. The molecule has 0 fully saturated rings. The number of carboxylic acid groups (broad SMARTS) is 1. The molecule has 3 heteroatoms. The molecule has 1 aliphatic rings. The van der Waals surface area contributed by atoms with Crippen molar-refractivity contribution in [2.45, 2.75) is 39.2 Å². The van der Waals surface area contributed by atoms with Crippen molar-refractivity contribution in [1.82, 2.24) is 0 Å². The van der Waals surface area contributed by atoms with E-state index in [2.05, 4.69) is 19.9 Å². The van der Waals surface area contributed by atoms with Gasteiger partial charge >= 0.3 is 5.97 Å². The lowest BCUT2D eigenvalue weighted by molar-refractivity contribution is -0.139. The van der Waals surface area contributed by atoms with Crippen molar-refractivity contribution in [3.63, 3.8) is 0 Å². The lowest BCUT2D eigenvalue weighted by atomic mass is 9.77. The van der Waals surface area contributed by atoms with E-state index in [0.717, 1.165) is 12.8 Å². The fraction of sp³-hybridized carbons (Fsp3) is 0.727. The first-order valence-corrected chi connectivity index (χ1v) is 5.17. The third kappa shape index (κ3) is 2.58. The van der Waals surface area contributed by atoms with E-state index in [1.165, 1.54) is 5.57 Å². The van der Waals surface area contributed by atoms with E-state index >= 15 is 0 Å². The maximum absolute atomic E-state index is 10.6. The molecule has 0 heterocycles. The summed E-state index contributed by atoms with van der Waals surface area (Å²) in [5.74, 6) is 0.0239. The molecule has 1 rings (SSSR count). The Morgan fingerprint density at radius 2 is 2.43 bits per heavy atom. The molecule has 0 aromatic heterocycles. The summed E-state index contributed by atoms with van der Waals surface area (Å²) < 4.78 is 0. The Kier molecular flexibility index (Phi) is 3.69. The van der Waals surface area contributed by atoms with E-state index in [1.54, 1.807) is 0 Å². The number of allylic oxidation sites excluding steroid dienone is 2. The van der Waals surface area contributed by atoms with Crippen LogP contribution in [0.5, 0.6) is 0 Å². The van der Waals surface area contributed by atoms with Crippen molar-refractivity contribution in [1.29, 1.82) is 0 Å². The number of carboxylic acids is 1. The maximum atomic E-state index is 10.6. The molecule has 3 atom stereocenters. The smallest absolute Gasteiger partial charge is 0.320 e. The largest absolute Gasteiger partial charge is 0.480 e. The Bertz CT molecular complexity index is 248. The van der Waals surface area contributed by atoms with Crippen LogP contribution in [0.4, 0.5) is 0 Å². The van der Waals surface area contributed by atoms with Gasteiger partial charge in [-0.3, -0.25) is 4.79 Å². The van der Waals surface area contributed by atoms with Crippen LogP contribution in [0.3, 0.4) is 0 Å². The average molecular weight is 197 g/mol. The Balaban J connectivity index is 2.61. The molecule has 0 amide bonds. The SMILES string of the molecule is CC1=CCCC(C)C1CC(N)C(=O)O. The highest BCUT2D eigenvalue weighted by molar-refractivity contribution is 5.73. The van der Waals surface area contributed by atoms with Gasteiger partial charge in [-0.2, -0.15) is 0 Å². The van der Waals surface area contributed by atoms with E-state index in [1.807, 2.05) is 0 Å². The van der Waals surface area contributed by atoms with E-state index in [0.29, 0.717) is 18.3 Å². The molecule has 1 aliphatic carbocycles. The van der Waals surface area contributed by atoms with Crippen molar-refractivity contribution in [3.8, 4) is 0 Å². The number of hydrogen-bond acceptors (Lipinski definition) is 2. The van der Waals surface area contributed by atoms with Crippen LogP contribution in [0.2, 0.25) is 0 Å². The molecule has 3 unspecified atom stereocenters. The minimum Gasteiger partial charge on any atom is -0.480 e. The van der Waals surface area contributed by atoms with Gasteiger partial charge in [0.2, 0.25) is 0 Å². The zero-order chi connectivity index (χ0) is 10.7. The maximum Gasteiger partial charge on any atom is 0.320 e. The van der Waals surface area contributed by atoms with Crippen molar-refractivity contribution in [2.75, 3.05) is 0 Å². The molecule has 0 radical (unpaired) electrons. The summed E-state index contributed by atoms with van der Waals surface area (Å²) in [4.78, 5) is 10.6. The minimum absolute atomic E-state index is 0.356. The molecule has 0 aromatic carbocycles. The Labute approximate surface area is 85.0 Å². The molecule has 0 saturated carbocycles. The monoisotopic (exact) mass is 197 g/mol. The van der Waals surface area contributed by atoms with Gasteiger partial charge in [0, 0.05) is 0 Å². The van der Waals surface area contributed by atoms with Crippen LogP contribution in [0.15, 0.2) is 11.6 Å². The lowest BCUT2D eigenvalue weighted by Crippen LogP contribution is -2.34. The summed E-state index contributed by atoms with van der Waals surface area (Å²) in [5.41, 5.74) is 6.85. The van der Waals surface area contributed by atoms with Gasteiger partial charge in [0.25, 0.3) is 0 Å². The van der Waals surface area contributed by atoms with Gasteiger partial charge in [-0.15, -0.1) is 0 Å². The summed E-state index contributed by atoms with van der Waals surface area (Å²) in [6, 6.07) is -0.719. The van der Waals surface area contributed by atoms with Crippen molar-refractivity contribution < 1.29 is 9.90 Å².